The predicted octanol–water partition coefficient (Wildman–Crippen LogP) is 1.54. The molecule has 0 radical (unpaired) electrons. The molecule has 1 aromatic carbocycles. The first kappa shape index (κ1) is 12.5. The van der Waals surface area contributed by atoms with Gasteiger partial charge in [0.25, 0.3) is 0 Å². The molecule has 0 saturated heterocycles. The molecule has 0 saturated carbocycles. The van der Waals surface area contributed by atoms with Gasteiger partial charge in [-0.2, -0.15) is 5.10 Å². The Hall–Kier alpha value is -1.94. The van der Waals surface area contributed by atoms with E-state index in [2.05, 4.69) is 5.10 Å². The van der Waals surface area contributed by atoms with Crippen molar-refractivity contribution in [1.82, 2.24) is 9.78 Å². The van der Waals surface area contributed by atoms with Gasteiger partial charge >= 0.3 is 0 Å². The van der Waals surface area contributed by atoms with Gasteiger partial charge < -0.3 is 5.73 Å². The summed E-state index contributed by atoms with van der Waals surface area (Å²) in [5, 5.41) is 4.03. The lowest BCUT2D eigenvalue weighted by molar-refractivity contribution is -0.119. The second kappa shape index (κ2) is 5.14. The van der Waals surface area contributed by atoms with Crippen molar-refractivity contribution in [2.45, 2.75) is 19.4 Å². The summed E-state index contributed by atoms with van der Waals surface area (Å²) < 4.78 is 1.65. The minimum atomic E-state index is -0.599. The number of nitrogens with zero attached hydrogens (tertiary/aromatic N) is 2. The molecule has 1 atom stereocenters. The van der Waals surface area contributed by atoms with Crippen molar-refractivity contribution in [2.24, 2.45) is 12.8 Å². The minimum absolute atomic E-state index is 0.0114. The number of hydrogen-bond donors (Lipinski definition) is 1. The van der Waals surface area contributed by atoms with Crippen LogP contribution in [0.25, 0.3) is 0 Å². The highest BCUT2D eigenvalue weighted by Gasteiger charge is 2.18. The van der Waals surface area contributed by atoms with Gasteiger partial charge in [0.1, 0.15) is 0 Å². The fraction of sp³-hybridized carbons (Fsp3) is 0.286. The Kier molecular flexibility index (Phi) is 3.58. The van der Waals surface area contributed by atoms with Crippen LogP contribution in [0.2, 0.25) is 0 Å². The molecule has 0 bridgehead atoms. The third-order valence-electron chi connectivity index (χ3n) is 3.06. The zero-order valence-corrected chi connectivity index (χ0v) is 10.6. The van der Waals surface area contributed by atoms with Crippen LogP contribution in [-0.4, -0.2) is 15.6 Å². The molecule has 2 aromatic rings. The fourth-order valence-electron chi connectivity index (χ4n) is 1.89. The number of hydrogen-bond acceptors (Lipinski definition) is 3. The monoisotopic (exact) mass is 243 g/mol. The van der Waals surface area contributed by atoms with E-state index in [9.17, 15) is 4.79 Å². The zero-order chi connectivity index (χ0) is 13.1. The largest absolute Gasteiger partial charge is 0.318 e. The van der Waals surface area contributed by atoms with Crippen molar-refractivity contribution in [1.29, 1.82) is 0 Å². The van der Waals surface area contributed by atoms with Crippen LogP contribution in [-0.2, 0) is 18.3 Å². The van der Waals surface area contributed by atoms with Gasteiger partial charge in [-0.15, -0.1) is 0 Å². The third-order valence-corrected chi connectivity index (χ3v) is 3.06. The molecule has 4 heteroatoms. The molecule has 0 aliphatic carbocycles. The second-order valence-corrected chi connectivity index (χ2v) is 4.49. The normalized spacial score (nSPS) is 12.4. The molecule has 2 rings (SSSR count). The number of nitrogens with two attached hydrogens (primary N) is 1. The molecule has 18 heavy (non-hydrogen) atoms. The summed E-state index contributed by atoms with van der Waals surface area (Å²) in [5.41, 5.74) is 8.85. The van der Waals surface area contributed by atoms with Crippen LogP contribution in [0.4, 0.5) is 0 Å². The van der Waals surface area contributed by atoms with Crippen LogP contribution < -0.4 is 5.73 Å². The highest BCUT2D eigenvalue weighted by Crippen LogP contribution is 2.15. The molecule has 0 amide bonds. The number of Topliss-reactive ketones (excluding diaryl/α,β-unsaturated/α-hetero) is 1. The maximum atomic E-state index is 12.1. The number of rotatable bonds is 4. The van der Waals surface area contributed by atoms with Crippen molar-refractivity contribution in [2.75, 3.05) is 0 Å². The lowest BCUT2D eigenvalue weighted by Crippen LogP contribution is -2.23. The lowest BCUT2D eigenvalue weighted by atomic mass is 9.98. The van der Waals surface area contributed by atoms with Crippen molar-refractivity contribution in [3.63, 3.8) is 0 Å². The van der Waals surface area contributed by atoms with Crippen LogP contribution in [0.1, 0.15) is 22.7 Å². The fourth-order valence-corrected chi connectivity index (χ4v) is 1.89. The van der Waals surface area contributed by atoms with Crippen molar-refractivity contribution >= 4 is 5.78 Å². The second-order valence-electron chi connectivity index (χ2n) is 4.49. The average molecular weight is 243 g/mol. The van der Waals surface area contributed by atoms with E-state index in [1.165, 1.54) is 0 Å². The van der Waals surface area contributed by atoms with E-state index in [-0.39, 0.29) is 5.78 Å². The first-order valence-corrected chi connectivity index (χ1v) is 5.89. The molecule has 1 heterocycles. The summed E-state index contributed by atoms with van der Waals surface area (Å²) in [4.78, 5) is 12.1. The Bertz CT molecular complexity index is 560. The number of carbonyl (C=O) groups is 1. The Morgan fingerprint density at radius 2 is 2.17 bits per heavy atom. The maximum Gasteiger partial charge on any atom is 0.158 e. The van der Waals surface area contributed by atoms with Gasteiger partial charge in [0, 0.05) is 25.2 Å². The molecule has 0 aliphatic heterocycles. The molecular formula is C14H17N3O. The Morgan fingerprint density at radius 1 is 1.44 bits per heavy atom. The Labute approximate surface area is 106 Å². The number of aromatic nitrogens is 2. The molecule has 0 spiro atoms. The molecule has 0 aliphatic rings. The molecule has 0 fully saturated rings. The zero-order valence-electron chi connectivity index (χ0n) is 10.6. The SMILES string of the molecule is Cc1ccccc1CC(=O)C(N)c1cnn(C)c1. The topological polar surface area (TPSA) is 60.9 Å². The standard InChI is InChI=1S/C14H17N3O/c1-10-5-3-4-6-11(10)7-13(18)14(15)12-8-16-17(2)9-12/h3-6,8-9,14H,7,15H2,1-2H3. The highest BCUT2D eigenvalue weighted by molar-refractivity contribution is 5.87. The minimum Gasteiger partial charge on any atom is -0.318 e. The molecule has 1 unspecified atom stereocenters. The van der Waals surface area contributed by atoms with Gasteiger partial charge in [-0.25, -0.2) is 0 Å². The van der Waals surface area contributed by atoms with Gasteiger partial charge in [0.15, 0.2) is 5.78 Å². The summed E-state index contributed by atoms with van der Waals surface area (Å²) in [6.45, 7) is 2.00. The first-order chi connectivity index (χ1) is 8.58. The quantitative estimate of drug-likeness (QED) is 0.886. The van der Waals surface area contributed by atoms with E-state index >= 15 is 0 Å². The van der Waals surface area contributed by atoms with E-state index in [1.54, 1.807) is 17.1 Å². The maximum absolute atomic E-state index is 12.1. The first-order valence-electron chi connectivity index (χ1n) is 5.89. The highest BCUT2D eigenvalue weighted by atomic mass is 16.1. The van der Waals surface area contributed by atoms with Gasteiger partial charge in [0.05, 0.1) is 12.2 Å². The van der Waals surface area contributed by atoms with Crippen LogP contribution in [0.3, 0.4) is 0 Å². The van der Waals surface area contributed by atoms with Gasteiger partial charge in [-0.05, 0) is 18.1 Å². The number of ketones is 1. The van der Waals surface area contributed by atoms with Crippen molar-refractivity contribution in [3.05, 3.63) is 53.3 Å². The summed E-state index contributed by atoms with van der Waals surface area (Å²) in [6.07, 6.45) is 3.78. The molecular weight excluding hydrogens is 226 g/mol. The molecule has 94 valence electrons. The lowest BCUT2D eigenvalue weighted by Gasteiger charge is -2.09. The number of aryl methyl sites for hydroxylation is 2. The summed E-state index contributed by atoms with van der Waals surface area (Å²) in [7, 11) is 1.81. The summed E-state index contributed by atoms with van der Waals surface area (Å²) in [6, 6.07) is 7.26. The van der Waals surface area contributed by atoms with E-state index in [4.69, 9.17) is 5.73 Å². The van der Waals surface area contributed by atoms with Gasteiger partial charge in [-0.3, -0.25) is 9.48 Å². The summed E-state index contributed by atoms with van der Waals surface area (Å²) in [5.74, 6) is 0.0114. The number of benzene rings is 1. The van der Waals surface area contributed by atoms with E-state index in [0.29, 0.717) is 6.42 Å². The molecule has 2 N–H and O–H groups in total. The van der Waals surface area contributed by atoms with E-state index in [0.717, 1.165) is 16.7 Å². The van der Waals surface area contributed by atoms with Crippen LogP contribution in [0.15, 0.2) is 36.7 Å². The third kappa shape index (κ3) is 2.65. The van der Waals surface area contributed by atoms with Crippen LogP contribution in [0, 0.1) is 6.92 Å². The molecule has 4 nitrogen and oxygen atoms in total. The predicted molar refractivity (Wildman–Crippen MR) is 70.0 cm³/mol. The van der Waals surface area contributed by atoms with E-state index < -0.39 is 6.04 Å². The average Bonchev–Trinajstić information content (AvgIpc) is 2.78. The Morgan fingerprint density at radius 3 is 2.78 bits per heavy atom. The van der Waals surface area contributed by atoms with E-state index in [1.807, 2.05) is 38.2 Å². The Balaban J connectivity index is 2.11. The summed E-state index contributed by atoms with van der Waals surface area (Å²) >= 11 is 0. The number of carbonyl (C=O) groups excluding carboxylic acids is 1. The van der Waals surface area contributed by atoms with Gasteiger partial charge in [-0.1, -0.05) is 24.3 Å². The van der Waals surface area contributed by atoms with Crippen LogP contribution >= 0.6 is 0 Å². The van der Waals surface area contributed by atoms with Gasteiger partial charge in [0.2, 0.25) is 0 Å². The van der Waals surface area contributed by atoms with Crippen LogP contribution in [0.5, 0.6) is 0 Å². The van der Waals surface area contributed by atoms with Crippen molar-refractivity contribution in [3.8, 4) is 0 Å². The smallest absolute Gasteiger partial charge is 0.158 e. The molecule has 1 aromatic heterocycles. The van der Waals surface area contributed by atoms with Crippen molar-refractivity contribution < 1.29 is 4.79 Å².